The maximum atomic E-state index is 11.4. The fourth-order valence-corrected chi connectivity index (χ4v) is 76.0. The Kier molecular flexibility index (Phi) is 23.9. The van der Waals surface area contributed by atoms with Crippen molar-refractivity contribution >= 4 is 61.4 Å². The summed E-state index contributed by atoms with van der Waals surface area (Å²) in [5.41, 5.74) is 13.2. The van der Waals surface area contributed by atoms with Gasteiger partial charge in [0, 0.05) is 12.8 Å². The van der Waals surface area contributed by atoms with Gasteiger partial charge in [0.1, 0.15) is 12.1 Å². The van der Waals surface area contributed by atoms with E-state index in [0.29, 0.717) is 0 Å². The number of nitrogens with two attached hydrogens (primary N) is 1. The Bertz CT molecular complexity index is 2530. The van der Waals surface area contributed by atoms with Crippen LogP contribution in [0.3, 0.4) is 0 Å². The molecule has 0 heterocycles. The third-order valence-corrected chi connectivity index (χ3v) is 61.9. The predicted molar refractivity (Wildman–Crippen MR) is 340 cm³/mol. The minimum Gasteiger partial charge on any atom is -0.481 e. The van der Waals surface area contributed by atoms with E-state index in [1.54, 1.807) is 0 Å². The Balaban J connectivity index is 0.000000554. The van der Waals surface area contributed by atoms with Crippen molar-refractivity contribution in [1.82, 2.24) is 5.32 Å². The molecule has 12 heteroatoms. The molecule has 0 aliphatic heterocycles. The molecule has 6 N–H and O–H groups in total. The Morgan fingerprint density at radius 2 is 0.622 bits per heavy atom. The largest absolute Gasteiger partial charge is 0.481 e. The second kappa shape index (κ2) is 29.0. The standard InChI is InChI=1S/C10H16N2O7.6C10H13.O.2Sn/c11-5(9(16)17)1-3-7(13)12-6(10(18)19)2-4-8(14)15;6*1-10(2,3)9-7-5-4-6-8-9;;;/h5-6H,1-4,11H2,(H,12,13)(H,14,15)(H,16,17)(H,18,19);6*4-8H,1H2,2-3H3;;;/t5?,6-;;;;;;;;;/m0........./s1. The van der Waals surface area contributed by atoms with Gasteiger partial charge in [-0.1, -0.05) is 0 Å². The number of carboxylic acids is 3. The van der Waals surface area contributed by atoms with E-state index >= 15 is 0 Å². The molecule has 1 amide bonds. The molecule has 0 radical (unpaired) electrons. The van der Waals surface area contributed by atoms with Crippen LogP contribution in [-0.4, -0.2) is 88.8 Å². The van der Waals surface area contributed by atoms with E-state index in [1.165, 1.54) is 33.4 Å². The first-order valence-electron chi connectivity index (χ1n) is 29.1. The number of nitrogens with one attached hydrogen (secondary N) is 1. The topological polar surface area (TPSA) is 176 Å². The Labute approximate surface area is 499 Å². The van der Waals surface area contributed by atoms with Crippen molar-refractivity contribution in [2.75, 3.05) is 0 Å². The SMILES string of the molecule is CC(C)([CH2][Sn]([CH2]C(C)(C)c1ccccc1)([CH2]C(C)(C)c1ccccc1)[O][Sn]([CH2]C(C)(C)c1ccccc1)([CH2]C(C)(C)c1ccccc1)[CH2]C(C)(C)c1ccccc1)c1ccccc1.NC(CCC(=O)N[C@@H](CCC(=O)O)C(=O)O)C(=O)O. The minimum atomic E-state index is -4.11. The van der Waals surface area contributed by atoms with Crippen LogP contribution in [0, 0.1) is 0 Å². The molecule has 1 unspecified atom stereocenters. The van der Waals surface area contributed by atoms with Crippen molar-refractivity contribution < 1.29 is 35.9 Å². The molecule has 6 rings (SSSR count). The van der Waals surface area contributed by atoms with Crippen LogP contribution in [0.5, 0.6) is 0 Å². The van der Waals surface area contributed by atoms with Gasteiger partial charge in [-0.05, 0) is 12.8 Å². The molecule has 0 bridgehead atoms. The van der Waals surface area contributed by atoms with Crippen LogP contribution in [0.1, 0.15) is 142 Å². The predicted octanol–water partition coefficient (Wildman–Crippen LogP) is 15.4. The van der Waals surface area contributed by atoms with Gasteiger partial charge in [-0.2, -0.15) is 0 Å². The molecule has 0 saturated heterocycles. The molecule has 6 aromatic carbocycles. The number of hydrogen-bond acceptors (Lipinski definition) is 6. The zero-order valence-electron chi connectivity index (χ0n) is 51.0. The van der Waals surface area contributed by atoms with Crippen LogP contribution in [0.25, 0.3) is 0 Å². The molecule has 0 fully saturated rings. The summed E-state index contributed by atoms with van der Waals surface area (Å²) in [6.07, 6.45) is -1.02. The van der Waals surface area contributed by atoms with Gasteiger partial charge in [0.15, 0.2) is 0 Å². The molecule has 6 aromatic rings. The summed E-state index contributed by atoms with van der Waals surface area (Å²) in [5, 5.41) is 27.8. The average molecular weight is 1330 g/mol. The number of carboxylic acid groups (broad SMARTS) is 3. The molecule has 2 atom stereocenters. The number of hydrogen-bond donors (Lipinski definition) is 5. The van der Waals surface area contributed by atoms with Crippen molar-refractivity contribution in [2.24, 2.45) is 5.73 Å². The van der Waals surface area contributed by atoms with Gasteiger partial charge in [0.2, 0.25) is 5.91 Å². The molecule has 0 saturated carbocycles. The molecular weight excluding hydrogens is 1230 g/mol. The van der Waals surface area contributed by atoms with Gasteiger partial charge in [-0.3, -0.25) is 14.4 Å². The fourth-order valence-electron chi connectivity index (χ4n) is 13.0. The average Bonchev–Trinajstić information content (AvgIpc) is 2.96. The number of aliphatic carboxylic acids is 3. The number of benzene rings is 6. The van der Waals surface area contributed by atoms with Gasteiger partial charge < -0.3 is 26.4 Å². The van der Waals surface area contributed by atoms with Gasteiger partial charge in [0.05, 0.1) is 0 Å². The van der Waals surface area contributed by atoms with Crippen molar-refractivity contribution in [3.05, 3.63) is 215 Å². The first-order valence-corrected chi connectivity index (χ1v) is 43.5. The van der Waals surface area contributed by atoms with Crippen molar-refractivity contribution in [1.29, 1.82) is 0 Å². The first-order chi connectivity index (χ1) is 38.3. The maximum Gasteiger partial charge on any atom is 0.326 e. The molecule has 10 nitrogen and oxygen atoms in total. The monoisotopic (exact) mass is 1330 g/mol. The molecule has 440 valence electrons. The normalized spacial score (nSPS) is 13.5. The minimum absolute atomic E-state index is 0.0900. The summed E-state index contributed by atoms with van der Waals surface area (Å²) < 4.78 is 16.1. The second-order valence-corrected chi connectivity index (χ2v) is 51.0. The number of rotatable bonds is 29. The Morgan fingerprint density at radius 1 is 0.390 bits per heavy atom. The van der Waals surface area contributed by atoms with Gasteiger partial charge >= 0.3 is 414 Å². The molecule has 0 aliphatic carbocycles. The van der Waals surface area contributed by atoms with E-state index in [2.05, 4.69) is 270 Å². The first kappa shape index (κ1) is 67.5. The van der Waals surface area contributed by atoms with Crippen LogP contribution < -0.4 is 11.1 Å². The summed E-state index contributed by atoms with van der Waals surface area (Å²) in [5.74, 6) is -4.46. The summed E-state index contributed by atoms with van der Waals surface area (Å²) in [6.45, 7) is 30.4. The van der Waals surface area contributed by atoms with Crippen molar-refractivity contribution in [2.45, 2.75) is 180 Å². The summed E-state index contributed by atoms with van der Waals surface area (Å²) in [7, 11) is 0. The van der Waals surface area contributed by atoms with Crippen LogP contribution in [0.2, 0.25) is 26.6 Å². The number of amides is 1. The van der Waals surface area contributed by atoms with Crippen molar-refractivity contribution in [3.8, 4) is 0 Å². The zero-order chi connectivity index (χ0) is 60.6. The van der Waals surface area contributed by atoms with Crippen LogP contribution in [-0.2, 0) is 53.1 Å². The van der Waals surface area contributed by atoms with Gasteiger partial charge in [-0.25, -0.2) is 4.79 Å². The molecule has 0 aliphatic rings. The fraction of sp³-hybridized carbons (Fsp3) is 0.429. The smallest absolute Gasteiger partial charge is 0.326 e. The second-order valence-electron chi connectivity index (χ2n) is 26.9. The van der Waals surface area contributed by atoms with Crippen LogP contribution in [0.15, 0.2) is 182 Å². The Morgan fingerprint density at radius 3 is 0.817 bits per heavy atom. The van der Waals surface area contributed by atoms with E-state index in [1.807, 2.05) is 0 Å². The quantitative estimate of drug-likeness (QED) is 0.0286. The number of carbonyl (C=O) groups is 4. The van der Waals surface area contributed by atoms with E-state index in [9.17, 15) is 20.6 Å². The van der Waals surface area contributed by atoms with E-state index < -0.39 is 79.9 Å². The number of carbonyl (C=O) groups excluding carboxylic acids is 1. The third kappa shape index (κ3) is 19.9. The zero-order valence-corrected chi connectivity index (χ0v) is 56.7. The third-order valence-electron chi connectivity index (χ3n) is 16.6. The van der Waals surface area contributed by atoms with E-state index in [0.717, 1.165) is 26.6 Å². The Hall–Kier alpha value is -5.28. The summed E-state index contributed by atoms with van der Waals surface area (Å²) in [4.78, 5) is 42.8. The van der Waals surface area contributed by atoms with Crippen LogP contribution in [0.4, 0.5) is 0 Å². The van der Waals surface area contributed by atoms with E-state index in [4.69, 9.17) is 21.1 Å². The summed E-state index contributed by atoms with van der Waals surface area (Å²) in [6, 6.07) is 66.0. The molecule has 0 spiro atoms. The maximum absolute atomic E-state index is 11.4. The summed E-state index contributed by atoms with van der Waals surface area (Å²) >= 11 is -8.23. The van der Waals surface area contributed by atoms with Crippen LogP contribution >= 0.6 is 0 Å². The van der Waals surface area contributed by atoms with E-state index in [-0.39, 0.29) is 51.8 Å². The molecular formula is C70H94N2O8Sn2. The van der Waals surface area contributed by atoms with Crippen molar-refractivity contribution in [3.63, 3.8) is 0 Å². The van der Waals surface area contributed by atoms with Gasteiger partial charge in [0.25, 0.3) is 0 Å². The molecule has 82 heavy (non-hydrogen) atoms. The van der Waals surface area contributed by atoms with Gasteiger partial charge in [-0.15, -0.1) is 0 Å². The molecule has 0 aromatic heterocycles.